The van der Waals surface area contributed by atoms with Gasteiger partial charge in [-0.1, -0.05) is 54.1 Å². The van der Waals surface area contributed by atoms with Crippen LogP contribution in [-0.2, 0) is 11.3 Å². The van der Waals surface area contributed by atoms with E-state index in [2.05, 4.69) is 46.1 Å². The summed E-state index contributed by atoms with van der Waals surface area (Å²) in [4.78, 5) is 17.6. The van der Waals surface area contributed by atoms with Crippen LogP contribution in [0.1, 0.15) is 33.1 Å². The van der Waals surface area contributed by atoms with Crippen molar-refractivity contribution in [3.8, 4) is 0 Å². The van der Waals surface area contributed by atoms with Crippen LogP contribution in [0.15, 0.2) is 79.3 Å². The van der Waals surface area contributed by atoms with Crippen LogP contribution in [0.2, 0.25) is 0 Å². The van der Waals surface area contributed by atoms with Crippen molar-refractivity contribution >= 4 is 16.8 Å². The Kier molecular flexibility index (Phi) is 5.91. The number of carbonyl (C=O) groups excluding carboxylic acids is 1. The van der Waals surface area contributed by atoms with Gasteiger partial charge in [-0.05, 0) is 30.2 Å². The van der Waals surface area contributed by atoms with Gasteiger partial charge in [-0.3, -0.25) is 9.78 Å². The van der Waals surface area contributed by atoms with Crippen molar-refractivity contribution in [1.29, 1.82) is 0 Å². The molecule has 30 heavy (non-hydrogen) atoms. The van der Waals surface area contributed by atoms with Crippen LogP contribution in [0.25, 0.3) is 10.9 Å². The fraction of sp³-hybridized carbons (Fsp3) is 0.200. The Morgan fingerprint density at radius 1 is 1.07 bits per heavy atom. The van der Waals surface area contributed by atoms with Crippen molar-refractivity contribution < 1.29 is 9.53 Å². The number of nitrogens with zero attached hydrogens (tertiary/aromatic N) is 2. The molecule has 0 saturated carbocycles. The first-order chi connectivity index (χ1) is 14.7. The van der Waals surface area contributed by atoms with Crippen molar-refractivity contribution in [1.82, 2.24) is 14.9 Å². The molecule has 0 radical (unpaired) electrons. The van der Waals surface area contributed by atoms with Gasteiger partial charge in [-0.15, -0.1) is 0 Å². The summed E-state index contributed by atoms with van der Waals surface area (Å²) in [5.74, 6) is -0.114. The van der Waals surface area contributed by atoms with Crippen molar-refractivity contribution in [2.24, 2.45) is 0 Å². The summed E-state index contributed by atoms with van der Waals surface area (Å²) in [5.41, 5.74) is 4.81. The van der Waals surface area contributed by atoms with E-state index in [9.17, 15) is 4.79 Å². The van der Waals surface area contributed by atoms with Crippen molar-refractivity contribution in [2.45, 2.75) is 19.5 Å². The zero-order valence-corrected chi connectivity index (χ0v) is 17.2. The fourth-order valence-electron chi connectivity index (χ4n) is 3.68. The first-order valence-electron chi connectivity index (χ1n) is 10.0. The van der Waals surface area contributed by atoms with E-state index in [1.807, 2.05) is 42.6 Å². The number of rotatable bonds is 7. The number of nitrogens with one attached hydrogen (secondary N) is 1. The van der Waals surface area contributed by atoms with E-state index in [-0.39, 0.29) is 11.9 Å². The lowest BCUT2D eigenvalue weighted by molar-refractivity contribution is 0.0944. The molecule has 0 saturated heterocycles. The second-order valence-electron chi connectivity index (χ2n) is 7.35. The normalized spacial score (nSPS) is 12.1. The maximum Gasteiger partial charge on any atom is 0.254 e. The highest BCUT2D eigenvalue weighted by Crippen LogP contribution is 2.25. The smallest absolute Gasteiger partial charge is 0.254 e. The number of aryl methyl sites for hydroxylation is 1. The topological polar surface area (TPSA) is 56.1 Å². The molecule has 2 heterocycles. The molecular formula is C25H25N3O2. The van der Waals surface area contributed by atoms with Gasteiger partial charge in [0.15, 0.2) is 0 Å². The molecule has 5 heteroatoms. The van der Waals surface area contributed by atoms with Crippen molar-refractivity contribution in [3.63, 3.8) is 0 Å². The van der Waals surface area contributed by atoms with Crippen LogP contribution in [0.3, 0.4) is 0 Å². The number of methoxy groups -OCH3 is 1. The lowest BCUT2D eigenvalue weighted by Gasteiger charge is -2.19. The number of fused-ring (bicyclic) bond motifs is 1. The summed E-state index contributed by atoms with van der Waals surface area (Å²) < 4.78 is 7.29. The predicted molar refractivity (Wildman–Crippen MR) is 119 cm³/mol. The summed E-state index contributed by atoms with van der Waals surface area (Å²) in [5, 5.41) is 4.15. The monoisotopic (exact) mass is 399 g/mol. The van der Waals surface area contributed by atoms with E-state index >= 15 is 0 Å². The highest BCUT2D eigenvalue weighted by Gasteiger charge is 2.21. The molecule has 0 aliphatic carbocycles. The molecule has 1 N–H and O–H groups in total. The Labute approximate surface area is 176 Å². The summed E-state index contributed by atoms with van der Waals surface area (Å²) >= 11 is 0. The average molecular weight is 399 g/mol. The van der Waals surface area contributed by atoms with E-state index in [1.165, 1.54) is 5.56 Å². The molecule has 2 aromatic carbocycles. The summed E-state index contributed by atoms with van der Waals surface area (Å²) in [6.07, 6.45) is 5.45. The van der Waals surface area contributed by atoms with Gasteiger partial charge < -0.3 is 14.6 Å². The third-order valence-electron chi connectivity index (χ3n) is 5.27. The minimum absolute atomic E-state index is 0.114. The lowest BCUT2D eigenvalue weighted by Crippen LogP contribution is -2.29. The second-order valence-corrected chi connectivity index (χ2v) is 7.35. The van der Waals surface area contributed by atoms with Gasteiger partial charge >= 0.3 is 0 Å². The zero-order chi connectivity index (χ0) is 20.9. The lowest BCUT2D eigenvalue weighted by atomic mass is 9.98. The highest BCUT2D eigenvalue weighted by molar-refractivity contribution is 6.07. The molecule has 2 aromatic heterocycles. The van der Waals surface area contributed by atoms with Crippen LogP contribution in [0, 0.1) is 6.92 Å². The van der Waals surface area contributed by atoms with Gasteiger partial charge in [0, 0.05) is 43.1 Å². The third-order valence-corrected chi connectivity index (χ3v) is 5.27. The predicted octanol–water partition coefficient (Wildman–Crippen LogP) is 4.51. The maximum atomic E-state index is 13.4. The first-order valence-corrected chi connectivity index (χ1v) is 10.0. The molecule has 152 valence electrons. The zero-order valence-electron chi connectivity index (χ0n) is 17.2. The van der Waals surface area contributed by atoms with Gasteiger partial charge in [0.25, 0.3) is 5.91 Å². The Morgan fingerprint density at radius 2 is 1.87 bits per heavy atom. The summed E-state index contributed by atoms with van der Waals surface area (Å²) in [6, 6.07) is 19.8. The number of carbonyl (C=O) groups is 1. The number of aromatic nitrogens is 2. The van der Waals surface area contributed by atoms with Gasteiger partial charge in [0.1, 0.15) is 0 Å². The van der Waals surface area contributed by atoms with Gasteiger partial charge in [-0.2, -0.15) is 0 Å². The number of benzene rings is 2. The maximum absolute atomic E-state index is 13.4. The molecule has 5 nitrogen and oxygen atoms in total. The van der Waals surface area contributed by atoms with E-state index in [1.54, 1.807) is 19.5 Å². The minimum atomic E-state index is -0.284. The van der Waals surface area contributed by atoms with E-state index in [4.69, 9.17) is 4.74 Å². The largest absolute Gasteiger partial charge is 0.383 e. The molecule has 0 aliphatic rings. The number of pyridine rings is 1. The van der Waals surface area contributed by atoms with Crippen LogP contribution >= 0.6 is 0 Å². The highest BCUT2D eigenvalue weighted by atomic mass is 16.5. The summed E-state index contributed by atoms with van der Waals surface area (Å²) in [6.45, 7) is 3.33. The van der Waals surface area contributed by atoms with Crippen molar-refractivity contribution in [2.75, 3.05) is 13.7 Å². The van der Waals surface area contributed by atoms with E-state index in [0.29, 0.717) is 18.7 Å². The average Bonchev–Trinajstić information content (AvgIpc) is 3.16. The van der Waals surface area contributed by atoms with Crippen LogP contribution in [0.4, 0.5) is 0 Å². The van der Waals surface area contributed by atoms with Gasteiger partial charge in [-0.25, -0.2) is 0 Å². The van der Waals surface area contributed by atoms with Gasteiger partial charge in [0.05, 0.1) is 18.2 Å². The molecule has 0 bridgehead atoms. The Hall–Kier alpha value is -3.44. The Morgan fingerprint density at radius 3 is 2.60 bits per heavy atom. The molecule has 1 amide bonds. The minimum Gasteiger partial charge on any atom is -0.383 e. The van der Waals surface area contributed by atoms with Crippen LogP contribution in [-0.4, -0.2) is 29.2 Å². The molecule has 4 aromatic rings. The van der Waals surface area contributed by atoms with Crippen molar-refractivity contribution in [3.05, 3.63) is 102 Å². The van der Waals surface area contributed by atoms with Crippen LogP contribution < -0.4 is 5.32 Å². The molecule has 0 fully saturated rings. The quantitative estimate of drug-likeness (QED) is 0.497. The Balaban J connectivity index is 1.70. The van der Waals surface area contributed by atoms with E-state index < -0.39 is 0 Å². The molecule has 4 rings (SSSR count). The van der Waals surface area contributed by atoms with Gasteiger partial charge in [0.2, 0.25) is 0 Å². The van der Waals surface area contributed by atoms with E-state index in [0.717, 1.165) is 22.0 Å². The standard InChI is InChI=1S/C25H25N3O2/c1-18-9-11-19(12-10-18)24(20-6-5-13-26-16-20)27-25(29)22-17-28(14-15-30-2)23-8-4-3-7-21(22)23/h3-13,16-17,24H,14-15H2,1-2H3,(H,27,29)/t24-/m0/s1. The third kappa shape index (κ3) is 4.11. The number of hydrogen-bond acceptors (Lipinski definition) is 3. The Bertz CT molecular complexity index is 1130. The number of amides is 1. The molecule has 0 aliphatic heterocycles. The SMILES string of the molecule is COCCn1cc(C(=O)N[C@@H](c2ccc(C)cc2)c2cccnc2)c2ccccc21. The number of hydrogen-bond donors (Lipinski definition) is 1. The summed E-state index contributed by atoms with van der Waals surface area (Å²) in [7, 11) is 1.68. The molecule has 0 spiro atoms. The van der Waals surface area contributed by atoms with Crippen LogP contribution in [0.5, 0.6) is 0 Å². The first kappa shape index (κ1) is 19.9. The molecule has 0 unspecified atom stereocenters. The number of para-hydroxylation sites is 1. The second kappa shape index (κ2) is 8.93. The molecule has 1 atom stereocenters. The molecular weight excluding hydrogens is 374 g/mol. The fourth-order valence-corrected chi connectivity index (χ4v) is 3.68. The number of ether oxygens (including phenoxy) is 1.